The minimum atomic E-state index is -1.21. The molecular weight excluding hydrogens is 159 g/mol. The lowest BCUT2D eigenvalue weighted by molar-refractivity contribution is -0.00968. The molecule has 2 nitrogen and oxygen atoms in total. The van der Waals surface area contributed by atoms with Crippen LogP contribution in [-0.4, -0.2) is 29.6 Å². The molecule has 1 aliphatic rings. The Bertz CT molecular complexity index is 149. The van der Waals surface area contributed by atoms with Crippen molar-refractivity contribution in [1.82, 2.24) is 0 Å². The van der Waals surface area contributed by atoms with Crippen LogP contribution in [0, 0.1) is 5.92 Å². The summed E-state index contributed by atoms with van der Waals surface area (Å²) in [7, 11) is 0. The van der Waals surface area contributed by atoms with Crippen LogP contribution in [0.2, 0.25) is 0 Å². The van der Waals surface area contributed by atoms with Crippen LogP contribution >= 0.6 is 0 Å². The first-order valence-corrected chi connectivity index (χ1v) is 4.55. The molecule has 0 unspecified atom stereocenters. The number of aliphatic hydroxyl groups excluding tert-OH is 1. The first-order chi connectivity index (χ1) is 5.57. The van der Waals surface area contributed by atoms with Crippen molar-refractivity contribution in [3.63, 3.8) is 0 Å². The molecule has 1 rings (SSSR count). The second-order valence-corrected chi connectivity index (χ2v) is 3.73. The van der Waals surface area contributed by atoms with Gasteiger partial charge in [0.25, 0.3) is 0 Å². The average molecular weight is 176 g/mol. The van der Waals surface area contributed by atoms with E-state index in [9.17, 15) is 9.50 Å². The molecular formula is C9H17FO2. The Morgan fingerprint density at radius 2 is 2.08 bits per heavy atom. The van der Waals surface area contributed by atoms with E-state index in [2.05, 4.69) is 0 Å². The Morgan fingerprint density at radius 1 is 1.50 bits per heavy atom. The Morgan fingerprint density at radius 3 is 2.33 bits per heavy atom. The summed E-state index contributed by atoms with van der Waals surface area (Å²) in [5, 5.41) is 9.38. The minimum Gasteiger partial charge on any atom is -0.387 e. The number of hydrogen-bond donors (Lipinski definition) is 1. The zero-order valence-electron chi connectivity index (χ0n) is 7.83. The monoisotopic (exact) mass is 176 g/mol. The summed E-state index contributed by atoms with van der Waals surface area (Å²) in [4.78, 5) is 0. The van der Waals surface area contributed by atoms with Crippen LogP contribution in [0.25, 0.3) is 0 Å². The summed E-state index contributed by atoms with van der Waals surface area (Å²) in [6, 6.07) is 0. The maximum atomic E-state index is 13.3. The molecule has 0 aromatic rings. The van der Waals surface area contributed by atoms with Gasteiger partial charge in [0.15, 0.2) is 6.17 Å². The van der Waals surface area contributed by atoms with Crippen LogP contribution in [-0.2, 0) is 4.74 Å². The van der Waals surface area contributed by atoms with Crippen molar-refractivity contribution < 1.29 is 14.2 Å². The molecule has 0 radical (unpaired) electrons. The van der Waals surface area contributed by atoms with Gasteiger partial charge < -0.3 is 9.84 Å². The van der Waals surface area contributed by atoms with Crippen LogP contribution in [0.1, 0.15) is 27.2 Å². The fraction of sp³-hybridized carbons (Fsp3) is 1.00. The SMILES string of the molecule is CC[C@@H]1O[C@H](C(C)C)[C@@H](F)[C@@H]1O. The van der Waals surface area contributed by atoms with Gasteiger partial charge in [-0.2, -0.15) is 0 Å². The van der Waals surface area contributed by atoms with Crippen LogP contribution in [0.3, 0.4) is 0 Å². The van der Waals surface area contributed by atoms with Gasteiger partial charge in [0.2, 0.25) is 0 Å². The fourth-order valence-electron chi connectivity index (χ4n) is 1.62. The quantitative estimate of drug-likeness (QED) is 0.691. The summed E-state index contributed by atoms with van der Waals surface area (Å²) in [5.74, 6) is 0.131. The summed E-state index contributed by atoms with van der Waals surface area (Å²) >= 11 is 0. The second kappa shape index (κ2) is 3.71. The third-order valence-corrected chi connectivity index (χ3v) is 2.41. The first kappa shape index (κ1) is 9.93. The fourth-order valence-corrected chi connectivity index (χ4v) is 1.62. The third-order valence-electron chi connectivity index (χ3n) is 2.41. The van der Waals surface area contributed by atoms with Crippen molar-refractivity contribution in [3.05, 3.63) is 0 Å². The summed E-state index contributed by atoms with van der Waals surface area (Å²) in [6.07, 6.45) is -2.21. The van der Waals surface area contributed by atoms with Gasteiger partial charge in [-0.1, -0.05) is 20.8 Å². The van der Waals surface area contributed by atoms with Gasteiger partial charge >= 0.3 is 0 Å². The highest BCUT2D eigenvalue weighted by molar-refractivity contribution is 4.91. The molecule has 0 aromatic heterocycles. The minimum absolute atomic E-state index is 0.131. The van der Waals surface area contributed by atoms with E-state index in [0.29, 0.717) is 6.42 Å². The molecule has 0 spiro atoms. The van der Waals surface area contributed by atoms with E-state index < -0.39 is 18.4 Å². The van der Waals surface area contributed by atoms with Crippen molar-refractivity contribution >= 4 is 0 Å². The van der Waals surface area contributed by atoms with E-state index in [1.807, 2.05) is 20.8 Å². The number of hydrogen-bond acceptors (Lipinski definition) is 2. The molecule has 0 bridgehead atoms. The van der Waals surface area contributed by atoms with Gasteiger partial charge in [0.05, 0.1) is 12.2 Å². The zero-order valence-corrected chi connectivity index (χ0v) is 7.83. The molecule has 1 fully saturated rings. The molecule has 0 saturated carbocycles. The summed E-state index contributed by atoms with van der Waals surface area (Å²) in [5.41, 5.74) is 0. The number of ether oxygens (including phenoxy) is 1. The molecule has 12 heavy (non-hydrogen) atoms. The van der Waals surface area contributed by atoms with E-state index in [4.69, 9.17) is 4.74 Å². The molecule has 72 valence electrons. The van der Waals surface area contributed by atoms with Gasteiger partial charge in [0.1, 0.15) is 6.10 Å². The predicted octanol–water partition coefficient (Wildman–Crippen LogP) is 1.52. The molecule has 3 heteroatoms. The predicted molar refractivity (Wildman–Crippen MR) is 44.7 cm³/mol. The number of halogens is 1. The van der Waals surface area contributed by atoms with Gasteiger partial charge in [-0.05, 0) is 12.3 Å². The largest absolute Gasteiger partial charge is 0.387 e. The summed E-state index contributed by atoms with van der Waals surface area (Å²) < 4.78 is 18.7. The van der Waals surface area contributed by atoms with Gasteiger partial charge in [-0.3, -0.25) is 0 Å². The normalized spacial score (nSPS) is 42.5. The van der Waals surface area contributed by atoms with E-state index >= 15 is 0 Å². The lowest BCUT2D eigenvalue weighted by Gasteiger charge is -2.16. The highest BCUT2D eigenvalue weighted by Gasteiger charge is 2.44. The highest BCUT2D eigenvalue weighted by atomic mass is 19.1. The van der Waals surface area contributed by atoms with E-state index in [-0.39, 0.29) is 12.0 Å². The summed E-state index contributed by atoms with van der Waals surface area (Å²) in [6.45, 7) is 5.70. The third kappa shape index (κ3) is 1.62. The van der Waals surface area contributed by atoms with Crippen LogP contribution in [0.15, 0.2) is 0 Å². The Kier molecular flexibility index (Phi) is 3.07. The van der Waals surface area contributed by atoms with Crippen molar-refractivity contribution in [2.75, 3.05) is 0 Å². The van der Waals surface area contributed by atoms with E-state index in [1.54, 1.807) is 0 Å². The molecule has 1 saturated heterocycles. The molecule has 0 aliphatic carbocycles. The van der Waals surface area contributed by atoms with Crippen molar-refractivity contribution in [3.8, 4) is 0 Å². The maximum Gasteiger partial charge on any atom is 0.155 e. The van der Waals surface area contributed by atoms with Gasteiger partial charge in [-0.25, -0.2) is 4.39 Å². The number of rotatable bonds is 2. The standard InChI is InChI=1S/C9H17FO2/c1-4-6-8(11)7(10)9(12-6)5(2)3/h5-9,11H,4H2,1-3H3/t6-,7-,8+,9+/m0/s1. The van der Waals surface area contributed by atoms with Gasteiger partial charge in [0, 0.05) is 0 Å². The lowest BCUT2D eigenvalue weighted by atomic mass is 10.0. The topological polar surface area (TPSA) is 29.5 Å². The Labute approximate surface area is 72.7 Å². The van der Waals surface area contributed by atoms with E-state index in [0.717, 1.165) is 0 Å². The molecule has 1 N–H and O–H groups in total. The Hall–Kier alpha value is -0.150. The van der Waals surface area contributed by atoms with Crippen molar-refractivity contribution in [2.45, 2.75) is 51.7 Å². The van der Waals surface area contributed by atoms with Crippen molar-refractivity contribution in [2.24, 2.45) is 5.92 Å². The molecule has 0 aromatic carbocycles. The molecule has 1 aliphatic heterocycles. The smallest absolute Gasteiger partial charge is 0.155 e. The maximum absolute atomic E-state index is 13.3. The average Bonchev–Trinajstić information content (AvgIpc) is 2.30. The van der Waals surface area contributed by atoms with Crippen LogP contribution < -0.4 is 0 Å². The molecule has 1 heterocycles. The van der Waals surface area contributed by atoms with Crippen LogP contribution in [0.5, 0.6) is 0 Å². The lowest BCUT2D eigenvalue weighted by Crippen LogP contribution is -2.30. The Balaban J connectivity index is 2.60. The zero-order chi connectivity index (χ0) is 9.30. The molecule has 4 atom stereocenters. The van der Waals surface area contributed by atoms with Crippen molar-refractivity contribution in [1.29, 1.82) is 0 Å². The van der Waals surface area contributed by atoms with Crippen LogP contribution in [0.4, 0.5) is 4.39 Å². The first-order valence-electron chi connectivity index (χ1n) is 4.55. The van der Waals surface area contributed by atoms with Gasteiger partial charge in [-0.15, -0.1) is 0 Å². The second-order valence-electron chi connectivity index (χ2n) is 3.73. The number of alkyl halides is 1. The highest BCUT2D eigenvalue weighted by Crippen LogP contribution is 2.29. The number of aliphatic hydroxyl groups is 1. The van der Waals surface area contributed by atoms with E-state index in [1.165, 1.54) is 0 Å². The molecule has 0 amide bonds.